The zero-order valence-corrected chi connectivity index (χ0v) is 11.3. The Bertz CT molecular complexity index is 434. The third-order valence-electron chi connectivity index (χ3n) is 2.83. The molecule has 0 heterocycles. The standard InChI is InChI=1S/C15H18O4/c1-11(9-10-12-7-5-4-6-8-12)13(14(16)18-2)15(17)19-3/h4-11,13H,1-3H3/b10-9+/t11-/m1/s1. The Kier molecular flexibility index (Phi) is 5.79. The van der Waals surface area contributed by atoms with Crippen LogP contribution in [0.1, 0.15) is 12.5 Å². The van der Waals surface area contributed by atoms with E-state index in [4.69, 9.17) is 0 Å². The molecule has 0 aliphatic heterocycles. The van der Waals surface area contributed by atoms with Crippen molar-refractivity contribution in [3.05, 3.63) is 42.0 Å². The van der Waals surface area contributed by atoms with Gasteiger partial charge in [0, 0.05) is 0 Å². The van der Waals surface area contributed by atoms with Gasteiger partial charge in [0.1, 0.15) is 0 Å². The molecule has 0 bridgehead atoms. The maximum atomic E-state index is 11.6. The van der Waals surface area contributed by atoms with Gasteiger partial charge in [0.25, 0.3) is 0 Å². The summed E-state index contributed by atoms with van der Waals surface area (Å²) in [4.78, 5) is 23.2. The van der Waals surface area contributed by atoms with Gasteiger partial charge in [-0.05, 0) is 11.5 Å². The maximum Gasteiger partial charge on any atom is 0.320 e. The number of hydrogen-bond acceptors (Lipinski definition) is 4. The average Bonchev–Trinajstić information content (AvgIpc) is 2.45. The van der Waals surface area contributed by atoms with Crippen LogP contribution in [0.4, 0.5) is 0 Å². The van der Waals surface area contributed by atoms with Crippen LogP contribution in [0, 0.1) is 11.8 Å². The number of carbonyl (C=O) groups is 2. The number of allylic oxidation sites excluding steroid dienone is 1. The molecule has 0 amide bonds. The largest absolute Gasteiger partial charge is 0.468 e. The lowest BCUT2D eigenvalue weighted by atomic mass is 9.93. The first-order chi connectivity index (χ1) is 9.10. The van der Waals surface area contributed by atoms with Gasteiger partial charge in [-0.25, -0.2) is 0 Å². The highest BCUT2D eigenvalue weighted by Gasteiger charge is 2.32. The maximum absolute atomic E-state index is 11.6. The number of ether oxygens (including phenoxy) is 2. The van der Waals surface area contributed by atoms with Gasteiger partial charge in [-0.2, -0.15) is 0 Å². The summed E-state index contributed by atoms with van der Waals surface area (Å²) in [6, 6.07) is 9.64. The van der Waals surface area contributed by atoms with Crippen molar-refractivity contribution in [1.29, 1.82) is 0 Å². The highest BCUT2D eigenvalue weighted by Crippen LogP contribution is 2.18. The number of methoxy groups -OCH3 is 2. The molecular weight excluding hydrogens is 244 g/mol. The monoisotopic (exact) mass is 262 g/mol. The van der Waals surface area contributed by atoms with Crippen molar-refractivity contribution in [3.8, 4) is 0 Å². The fraction of sp³-hybridized carbons (Fsp3) is 0.333. The number of carbonyl (C=O) groups excluding carboxylic acids is 2. The van der Waals surface area contributed by atoms with Crippen molar-refractivity contribution in [3.63, 3.8) is 0 Å². The third kappa shape index (κ3) is 4.25. The molecule has 102 valence electrons. The summed E-state index contributed by atoms with van der Waals surface area (Å²) in [6.45, 7) is 1.78. The van der Waals surface area contributed by atoms with Crippen molar-refractivity contribution < 1.29 is 19.1 Å². The number of hydrogen-bond donors (Lipinski definition) is 0. The number of benzene rings is 1. The minimum absolute atomic E-state index is 0.305. The highest BCUT2D eigenvalue weighted by molar-refractivity contribution is 5.95. The molecule has 1 aromatic rings. The Morgan fingerprint density at radius 2 is 1.58 bits per heavy atom. The quantitative estimate of drug-likeness (QED) is 0.603. The molecule has 4 heteroatoms. The second-order valence-corrected chi connectivity index (χ2v) is 4.15. The van der Waals surface area contributed by atoms with Crippen LogP contribution in [0.3, 0.4) is 0 Å². The molecule has 0 N–H and O–H groups in total. The summed E-state index contributed by atoms with van der Waals surface area (Å²) in [5.74, 6) is -2.41. The molecule has 0 saturated heterocycles. The van der Waals surface area contributed by atoms with E-state index in [2.05, 4.69) is 9.47 Å². The molecule has 0 radical (unpaired) electrons. The van der Waals surface area contributed by atoms with E-state index in [-0.39, 0.29) is 5.92 Å². The van der Waals surface area contributed by atoms with E-state index in [0.717, 1.165) is 5.56 Å². The van der Waals surface area contributed by atoms with Crippen molar-refractivity contribution in [1.82, 2.24) is 0 Å². The Labute approximate surface area is 113 Å². The van der Waals surface area contributed by atoms with Crippen LogP contribution in [-0.4, -0.2) is 26.2 Å². The van der Waals surface area contributed by atoms with Crippen molar-refractivity contribution >= 4 is 18.0 Å². The summed E-state index contributed by atoms with van der Waals surface area (Å²) in [5, 5.41) is 0. The minimum atomic E-state index is -0.935. The van der Waals surface area contributed by atoms with Crippen LogP contribution in [0.5, 0.6) is 0 Å². The van der Waals surface area contributed by atoms with Crippen LogP contribution in [0.15, 0.2) is 36.4 Å². The van der Waals surface area contributed by atoms with E-state index >= 15 is 0 Å². The van der Waals surface area contributed by atoms with E-state index in [9.17, 15) is 9.59 Å². The number of rotatable bonds is 5. The molecule has 1 rings (SSSR count). The van der Waals surface area contributed by atoms with Crippen molar-refractivity contribution in [2.45, 2.75) is 6.92 Å². The van der Waals surface area contributed by atoms with E-state index in [1.165, 1.54) is 14.2 Å². The molecule has 0 aliphatic rings. The van der Waals surface area contributed by atoms with Crippen LogP contribution < -0.4 is 0 Å². The predicted octanol–water partition coefficient (Wildman–Crippen LogP) is 2.30. The molecular formula is C15H18O4. The van der Waals surface area contributed by atoms with Gasteiger partial charge in [-0.3, -0.25) is 9.59 Å². The van der Waals surface area contributed by atoms with Gasteiger partial charge in [0.2, 0.25) is 0 Å². The fourth-order valence-electron chi connectivity index (χ4n) is 1.72. The van der Waals surface area contributed by atoms with Crippen LogP contribution in [0.2, 0.25) is 0 Å². The zero-order chi connectivity index (χ0) is 14.3. The van der Waals surface area contributed by atoms with Gasteiger partial charge < -0.3 is 9.47 Å². The fourth-order valence-corrected chi connectivity index (χ4v) is 1.72. The lowest BCUT2D eigenvalue weighted by Crippen LogP contribution is -2.31. The van der Waals surface area contributed by atoms with Gasteiger partial charge in [-0.15, -0.1) is 0 Å². The van der Waals surface area contributed by atoms with E-state index in [1.54, 1.807) is 13.0 Å². The molecule has 1 atom stereocenters. The van der Waals surface area contributed by atoms with Crippen LogP contribution >= 0.6 is 0 Å². The van der Waals surface area contributed by atoms with E-state index in [0.29, 0.717) is 0 Å². The molecule has 0 aromatic heterocycles. The molecule has 0 saturated carbocycles. The molecule has 19 heavy (non-hydrogen) atoms. The smallest absolute Gasteiger partial charge is 0.320 e. The van der Waals surface area contributed by atoms with E-state index < -0.39 is 17.9 Å². The first-order valence-electron chi connectivity index (χ1n) is 5.99. The molecule has 0 unspecified atom stereocenters. The topological polar surface area (TPSA) is 52.6 Å². The van der Waals surface area contributed by atoms with Crippen LogP contribution in [-0.2, 0) is 19.1 Å². The SMILES string of the molecule is COC(=O)C(C(=O)OC)[C@H](C)/C=C/c1ccccc1. The average molecular weight is 262 g/mol. The summed E-state index contributed by atoms with van der Waals surface area (Å²) >= 11 is 0. The molecule has 0 fully saturated rings. The Hall–Kier alpha value is -2.10. The van der Waals surface area contributed by atoms with Gasteiger partial charge in [-0.1, -0.05) is 49.4 Å². The summed E-state index contributed by atoms with van der Waals surface area (Å²) < 4.78 is 9.27. The van der Waals surface area contributed by atoms with Gasteiger partial charge in [0.15, 0.2) is 5.92 Å². The lowest BCUT2D eigenvalue weighted by molar-refractivity contribution is -0.160. The first-order valence-corrected chi connectivity index (χ1v) is 5.99. The predicted molar refractivity (Wildman–Crippen MR) is 72.2 cm³/mol. The molecule has 0 aliphatic carbocycles. The van der Waals surface area contributed by atoms with E-state index in [1.807, 2.05) is 36.4 Å². The summed E-state index contributed by atoms with van der Waals surface area (Å²) in [6.07, 6.45) is 3.66. The normalized spacial score (nSPS) is 12.4. The second kappa shape index (κ2) is 7.36. The number of esters is 2. The second-order valence-electron chi connectivity index (χ2n) is 4.15. The Balaban J connectivity index is 2.83. The van der Waals surface area contributed by atoms with Gasteiger partial charge in [0.05, 0.1) is 14.2 Å². The summed E-state index contributed by atoms with van der Waals surface area (Å²) in [7, 11) is 2.51. The lowest BCUT2D eigenvalue weighted by Gasteiger charge is -2.16. The van der Waals surface area contributed by atoms with Crippen molar-refractivity contribution in [2.75, 3.05) is 14.2 Å². The first kappa shape index (κ1) is 15.0. The molecule has 0 spiro atoms. The third-order valence-corrected chi connectivity index (χ3v) is 2.83. The highest BCUT2D eigenvalue weighted by atomic mass is 16.5. The van der Waals surface area contributed by atoms with Gasteiger partial charge >= 0.3 is 11.9 Å². The molecule has 4 nitrogen and oxygen atoms in total. The van der Waals surface area contributed by atoms with Crippen LogP contribution in [0.25, 0.3) is 6.08 Å². The summed E-state index contributed by atoms with van der Waals surface area (Å²) in [5.41, 5.74) is 1.00. The Morgan fingerprint density at radius 1 is 1.05 bits per heavy atom. The molecule has 1 aromatic carbocycles. The zero-order valence-electron chi connectivity index (χ0n) is 11.3. The minimum Gasteiger partial charge on any atom is -0.468 e. The Morgan fingerprint density at radius 3 is 2.05 bits per heavy atom. The van der Waals surface area contributed by atoms with Crippen molar-refractivity contribution in [2.24, 2.45) is 11.8 Å².